The van der Waals surface area contributed by atoms with Crippen LogP contribution in [-0.2, 0) is 4.79 Å². The SMILES string of the molecule is CCN1C(=O)/C(=C/c2ccc(N3CCCC3)cc2)SC1=Nc1ccc(C)c(C)c1. The van der Waals surface area contributed by atoms with Crippen LogP contribution in [0.4, 0.5) is 11.4 Å². The van der Waals surface area contributed by atoms with Crippen molar-refractivity contribution in [2.75, 3.05) is 24.5 Å². The Balaban J connectivity index is 1.57. The van der Waals surface area contributed by atoms with Gasteiger partial charge in [0.2, 0.25) is 0 Å². The highest BCUT2D eigenvalue weighted by molar-refractivity contribution is 8.18. The topological polar surface area (TPSA) is 35.9 Å². The Hall–Kier alpha value is -2.53. The third-order valence-corrected chi connectivity index (χ3v) is 6.59. The molecular formula is C24H27N3OS. The molecule has 2 aliphatic rings. The zero-order valence-corrected chi connectivity index (χ0v) is 18.1. The molecule has 0 atom stereocenters. The number of thioether (sulfide) groups is 1. The molecule has 2 aromatic carbocycles. The number of amidine groups is 1. The molecule has 1 amide bonds. The van der Waals surface area contributed by atoms with Crippen LogP contribution in [-0.4, -0.2) is 35.6 Å². The first-order chi connectivity index (χ1) is 14.0. The van der Waals surface area contributed by atoms with Crippen molar-refractivity contribution in [2.24, 2.45) is 4.99 Å². The van der Waals surface area contributed by atoms with E-state index in [1.165, 1.54) is 41.4 Å². The fraction of sp³-hybridized carbons (Fsp3) is 0.333. The van der Waals surface area contributed by atoms with Crippen molar-refractivity contribution in [2.45, 2.75) is 33.6 Å². The molecule has 2 heterocycles. The molecule has 0 saturated carbocycles. The lowest BCUT2D eigenvalue weighted by atomic mass is 10.1. The van der Waals surface area contributed by atoms with Crippen molar-refractivity contribution in [3.63, 3.8) is 0 Å². The highest BCUT2D eigenvalue weighted by atomic mass is 32.2. The van der Waals surface area contributed by atoms with E-state index in [2.05, 4.69) is 55.1 Å². The fourth-order valence-corrected chi connectivity index (χ4v) is 4.75. The highest BCUT2D eigenvalue weighted by Crippen LogP contribution is 2.34. The predicted octanol–water partition coefficient (Wildman–Crippen LogP) is 5.53. The summed E-state index contributed by atoms with van der Waals surface area (Å²) in [7, 11) is 0. The zero-order valence-electron chi connectivity index (χ0n) is 17.3. The van der Waals surface area contributed by atoms with Crippen molar-refractivity contribution in [3.8, 4) is 0 Å². The van der Waals surface area contributed by atoms with Gasteiger partial charge in [-0.1, -0.05) is 18.2 Å². The predicted molar refractivity (Wildman–Crippen MR) is 124 cm³/mol. The van der Waals surface area contributed by atoms with Gasteiger partial charge in [-0.3, -0.25) is 9.69 Å². The van der Waals surface area contributed by atoms with Gasteiger partial charge in [0.1, 0.15) is 0 Å². The summed E-state index contributed by atoms with van der Waals surface area (Å²) in [6.07, 6.45) is 4.52. The molecule has 0 bridgehead atoms. The minimum Gasteiger partial charge on any atom is -0.372 e. The van der Waals surface area contributed by atoms with Gasteiger partial charge in [-0.05, 0) is 92.4 Å². The number of benzene rings is 2. The van der Waals surface area contributed by atoms with E-state index in [-0.39, 0.29) is 5.91 Å². The smallest absolute Gasteiger partial charge is 0.266 e. The fourth-order valence-electron chi connectivity index (χ4n) is 3.68. The van der Waals surface area contributed by atoms with E-state index in [9.17, 15) is 4.79 Å². The molecule has 29 heavy (non-hydrogen) atoms. The number of aryl methyl sites for hydroxylation is 2. The molecule has 4 rings (SSSR count). The summed E-state index contributed by atoms with van der Waals surface area (Å²) >= 11 is 1.46. The summed E-state index contributed by atoms with van der Waals surface area (Å²) in [6, 6.07) is 14.7. The van der Waals surface area contributed by atoms with Crippen LogP contribution in [0.3, 0.4) is 0 Å². The zero-order chi connectivity index (χ0) is 20.4. The number of carbonyl (C=O) groups is 1. The Kier molecular flexibility index (Phi) is 5.76. The number of anilines is 1. The van der Waals surface area contributed by atoms with Gasteiger partial charge in [-0.15, -0.1) is 0 Å². The van der Waals surface area contributed by atoms with E-state index in [1.807, 2.05) is 19.1 Å². The first-order valence-corrected chi connectivity index (χ1v) is 11.1. The van der Waals surface area contributed by atoms with Gasteiger partial charge in [0.25, 0.3) is 5.91 Å². The Morgan fingerprint density at radius 3 is 2.41 bits per heavy atom. The van der Waals surface area contributed by atoms with Crippen LogP contribution in [0, 0.1) is 13.8 Å². The molecular weight excluding hydrogens is 378 g/mol. The average Bonchev–Trinajstić information content (AvgIpc) is 3.34. The maximum Gasteiger partial charge on any atom is 0.266 e. The molecule has 2 fully saturated rings. The van der Waals surface area contributed by atoms with E-state index in [4.69, 9.17) is 4.99 Å². The Morgan fingerprint density at radius 1 is 1.03 bits per heavy atom. The monoisotopic (exact) mass is 405 g/mol. The second-order valence-corrected chi connectivity index (χ2v) is 8.62. The van der Waals surface area contributed by atoms with E-state index in [1.54, 1.807) is 4.90 Å². The van der Waals surface area contributed by atoms with Gasteiger partial charge in [0, 0.05) is 25.3 Å². The molecule has 4 nitrogen and oxygen atoms in total. The van der Waals surface area contributed by atoms with Gasteiger partial charge in [-0.2, -0.15) is 0 Å². The molecule has 2 saturated heterocycles. The van der Waals surface area contributed by atoms with Gasteiger partial charge < -0.3 is 4.90 Å². The summed E-state index contributed by atoms with van der Waals surface area (Å²) in [5, 5.41) is 0.751. The summed E-state index contributed by atoms with van der Waals surface area (Å²) in [6.45, 7) is 9.05. The third kappa shape index (κ3) is 4.25. The van der Waals surface area contributed by atoms with Crippen LogP contribution in [0.25, 0.3) is 6.08 Å². The maximum absolute atomic E-state index is 12.9. The van der Waals surface area contributed by atoms with E-state index < -0.39 is 0 Å². The second kappa shape index (κ2) is 8.46. The number of hydrogen-bond donors (Lipinski definition) is 0. The van der Waals surface area contributed by atoms with Gasteiger partial charge in [0.05, 0.1) is 10.6 Å². The molecule has 0 spiro atoms. The molecule has 0 aliphatic carbocycles. The van der Waals surface area contributed by atoms with Crippen molar-refractivity contribution >= 4 is 40.3 Å². The molecule has 2 aliphatic heterocycles. The quantitative estimate of drug-likeness (QED) is 0.628. The average molecular weight is 406 g/mol. The van der Waals surface area contributed by atoms with Crippen LogP contribution in [0.1, 0.15) is 36.5 Å². The molecule has 0 radical (unpaired) electrons. The number of rotatable bonds is 4. The number of carbonyl (C=O) groups excluding carboxylic acids is 1. The third-order valence-electron chi connectivity index (χ3n) is 5.58. The molecule has 2 aromatic rings. The van der Waals surface area contributed by atoms with Crippen molar-refractivity contribution in [1.29, 1.82) is 0 Å². The standard InChI is InChI=1S/C24H27N3OS/c1-4-27-23(28)22(29-24(27)25-20-10-7-17(2)18(3)15-20)16-19-8-11-21(12-9-19)26-13-5-6-14-26/h7-12,15-16H,4-6,13-14H2,1-3H3/b22-16-,25-24?. The van der Waals surface area contributed by atoms with Crippen LogP contribution in [0.2, 0.25) is 0 Å². The molecule has 0 unspecified atom stereocenters. The van der Waals surface area contributed by atoms with Crippen molar-refractivity contribution < 1.29 is 4.79 Å². The Bertz CT molecular complexity index is 972. The highest BCUT2D eigenvalue weighted by Gasteiger charge is 2.32. The lowest BCUT2D eigenvalue weighted by molar-refractivity contribution is -0.122. The molecule has 0 aromatic heterocycles. The molecule has 5 heteroatoms. The van der Waals surface area contributed by atoms with Crippen LogP contribution < -0.4 is 4.90 Å². The minimum atomic E-state index is 0.0312. The molecule has 150 valence electrons. The van der Waals surface area contributed by atoms with Gasteiger partial charge in [-0.25, -0.2) is 4.99 Å². The maximum atomic E-state index is 12.9. The first-order valence-electron chi connectivity index (χ1n) is 10.3. The Labute approximate surface area is 177 Å². The Morgan fingerprint density at radius 2 is 1.76 bits per heavy atom. The number of amides is 1. The van der Waals surface area contributed by atoms with Gasteiger partial charge >= 0.3 is 0 Å². The lowest BCUT2D eigenvalue weighted by Crippen LogP contribution is -2.28. The summed E-state index contributed by atoms with van der Waals surface area (Å²) in [4.78, 5) is 22.5. The summed E-state index contributed by atoms with van der Waals surface area (Å²) < 4.78 is 0. The van der Waals surface area contributed by atoms with E-state index >= 15 is 0 Å². The van der Waals surface area contributed by atoms with Crippen LogP contribution in [0.5, 0.6) is 0 Å². The minimum absolute atomic E-state index is 0.0312. The van der Waals surface area contributed by atoms with Crippen molar-refractivity contribution in [3.05, 3.63) is 64.1 Å². The van der Waals surface area contributed by atoms with Crippen LogP contribution >= 0.6 is 11.8 Å². The second-order valence-electron chi connectivity index (χ2n) is 7.61. The number of aliphatic imine (C=N–C) groups is 1. The van der Waals surface area contributed by atoms with Gasteiger partial charge in [0.15, 0.2) is 5.17 Å². The molecule has 0 N–H and O–H groups in total. The number of likely N-dealkylation sites (N-methyl/N-ethyl adjacent to an activating group) is 1. The summed E-state index contributed by atoms with van der Waals surface area (Å²) in [5.41, 5.74) is 5.65. The largest absolute Gasteiger partial charge is 0.372 e. The van der Waals surface area contributed by atoms with Crippen LogP contribution in [0.15, 0.2) is 52.4 Å². The van der Waals surface area contributed by atoms with Crippen molar-refractivity contribution in [1.82, 2.24) is 4.90 Å². The number of nitrogens with zero attached hydrogens (tertiary/aromatic N) is 3. The lowest BCUT2D eigenvalue weighted by Gasteiger charge is -2.17. The van der Waals surface area contributed by atoms with E-state index in [0.717, 1.165) is 34.4 Å². The number of hydrogen-bond acceptors (Lipinski definition) is 4. The normalized spacial score (nSPS) is 19.8. The summed E-state index contributed by atoms with van der Waals surface area (Å²) in [5.74, 6) is 0.0312. The first kappa shape index (κ1) is 19.8. The van der Waals surface area contributed by atoms with E-state index in [0.29, 0.717) is 6.54 Å².